The molecule has 1 aromatic carbocycles. The molecule has 3 unspecified atom stereocenters. The number of nitrogens with zero attached hydrogens (tertiary/aromatic N) is 1. The zero-order valence-electron chi connectivity index (χ0n) is 11.9. The van der Waals surface area contributed by atoms with Crippen LogP contribution in [-0.4, -0.2) is 36.6 Å². The second kappa shape index (κ2) is 5.43. The van der Waals surface area contributed by atoms with Gasteiger partial charge < -0.3 is 5.32 Å². The zero-order chi connectivity index (χ0) is 13.5. The molecule has 1 aliphatic carbocycles. The van der Waals surface area contributed by atoms with Crippen LogP contribution in [0.1, 0.15) is 30.4 Å². The summed E-state index contributed by atoms with van der Waals surface area (Å²) in [4.78, 5) is 2.78. The lowest BCUT2D eigenvalue weighted by Crippen LogP contribution is -2.42. The molecule has 0 bridgehead atoms. The number of hydrogen-bond donors (Lipinski definition) is 1. The molecule has 4 rings (SSSR count). The molecule has 2 nitrogen and oxygen atoms in total. The second-order valence-electron chi connectivity index (χ2n) is 6.73. The van der Waals surface area contributed by atoms with Gasteiger partial charge in [-0.2, -0.15) is 0 Å². The number of benzene rings is 1. The number of piperidine rings is 1. The molecular formula is C17H23BrN2. The quantitative estimate of drug-likeness (QED) is 0.849. The Balaban J connectivity index is 1.47. The number of rotatable bonds is 1. The topological polar surface area (TPSA) is 15.3 Å². The van der Waals surface area contributed by atoms with Gasteiger partial charge in [0.15, 0.2) is 0 Å². The summed E-state index contributed by atoms with van der Waals surface area (Å²) in [5, 5.41) is 3.73. The van der Waals surface area contributed by atoms with Gasteiger partial charge in [-0.25, -0.2) is 0 Å². The average molecular weight is 335 g/mol. The predicted octanol–water partition coefficient (Wildman–Crippen LogP) is 2.99. The van der Waals surface area contributed by atoms with Gasteiger partial charge in [-0.3, -0.25) is 4.90 Å². The van der Waals surface area contributed by atoms with Crippen LogP contribution in [0.5, 0.6) is 0 Å². The van der Waals surface area contributed by atoms with Crippen molar-refractivity contribution in [2.24, 2.45) is 5.92 Å². The summed E-state index contributed by atoms with van der Waals surface area (Å²) in [7, 11) is 0. The number of likely N-dealkylation sites (tertiary alicyclic amines) is 1. The molecule has 0 radical (unpaired) electrons. The maximum absolute atomic E-state index is 3.73. The van der Waals surface area contributed by atoms with Gasteiger partial charge in [0.25, 0.3) is 0 Å². The van der Waals surface area contributed by atoms with Crippen LogP contribution in [0.3, 0.4) is 0 Å². The second-order valence-corrected chi connectivity index (χ2v) is 7.64. The fourth-order valence-corrected chi connectivity index (χ4v) is 4.80. The van der Waals surface area contributed by atoms with E-state index in [9.17, 15) is 0 Å². The fraction of sp³-hybridized carbons (Fsp3) is 0.647. The van der Waals surface area contributed by atoms with E-state index in [1.54, 1.807) is 11.1 Å². The van der Waals surface area contributed by atoms with E-state index in [2.05, 4.69) is 44.3 Å². The van der Waals surface area contributed by atoms with E-state index >= 15 is 0 Å². The standard InChI is InChI=1S/C17H23BrN2/c18-15-5-3-13-9-16(6-4-12(13)8-15)20-10-14-2-1-7-19-17(14)11-20/h3,5,8,14,16-17,19H,1-2,4,6-7,9-11H2. The van der Waals surface area contributed by atoms with E-state index in [1.807, 2.05) is 0 Å². The predicted molar refractivity (Wildman–Crippen MR) is 86.0 cm³/mol. The number of fused-ring (bicyclic) bond motifs is 2. The number of aryl methyl sites for hydroxylation is 1. The molecule has 0 spiro atoms. The molecular weight excluding hydrogens is 312 g/mol. The molecule has 2 aliphatic heterocycles. The van der Waals surface area contributed by atoms with Crippen molar-refractivity contribution in [2.45, 2.75) is 44.2 Å². The molecule has 2 fully saturated rings. The SMILES string of the molecule is Brc1ccc2c(c1)CCC(N1CC3CCCNC3C1)C2. The summed E-state index contributed by atoms with van der Waals surface area (Å²) >= 11 is 3.59. The number of nitrogens with one attached hydrogen (secondary N) is 1. The van der Waals surface area contributed by atoms with Gasteiger partial charge in [0.1, 0.15) is 0 Å². The summed E-state index contributed by atoms with van der Waals surface area (Å²) in [6.45, 7) is 3.84. The van der Waals surface area contributed by atoms with E-state index in [-0.39, 0.29) is 0 Å². The van der Waals surface area contributed by atoms with Crippen LogP contribution in [-0.2, 0) is 12.8 Å². The van der Waals surface area contributed by atoms with Gasteiger partial charge >= 0.3 is 0 Å². The van der Waals surface area contributed by atoms with E-state index in [1.165, 1.54) is 56.2 Å². The minimum atomic E-state index is 0.773. The number of hydrogen-bond acceptors (Lipinski definition) is 2. The van der Waals surface area contributed by atoms with Crippen LogP contribution < -0.4 is 5.32 Å². The van der Waals surface area contributed by atoms with Crippen molar-refractivity contribution in [3.63, 3.8) is 0 Å². The molecule has 108 valence electrons. The first-order chi connectivity index (χ1) is 9.79. The summed E-state index contributed by atoms with van der Waals surface area (Å²) in [6.07, 6.45) is 6.64. The Morgan fingerprint density at radius 1 is 1.15 bits per heavy atom. The lowest BCUT2D eigenvalue weighted by molar-refractivity contribution is 0.212. The molecule has 20 heavy (non-hydrogen) atoms. The molecule has 0 aromatic heterocycles. The summed E-state index contributed by atoms with van der Waals surface area (Å²) in [5.41, 5.74) is 3.14. The van der Waals surface area contributed by atoms with Gasteiger partial charge in [0, 0.05) is 29.6 Å². The molecule has 3 atom stereocenters. The van der Waals surface area contributed by atoms with Gasteiger partial charge in [-0.05, 0) is 67.8 Å². The third kappa shape index (κ3) is 2.44. The van der Waals surface area contributed by atoms with Crippen LogP contribution in [0.4, 0.5) is 0 Å². The highest BCUT2D eigenvalue weighted by molar-refractivity contribution is 9.10. The lowest BCUT2D eigenvalue weighted by atomic mass is 9.87. The Labute approximate surface area is 130 Å². The van der Waals surface area contributed by atoms with Gasteiger partial charge in [-0.1, -0.05) is 22.0 Å². The van der Waals surface area contributed by atoms with E-state index in [0.29, 0.717) is 0 Å². The van der Waals surface area contributed by atoms with Crippen LogP contribution >= 0.6 is 15.9 Å². The van der Waals surface area contributed by atoms with Crippen LogP contribution in [0.2, 0.25) is 0 Å². The van der Waals surface area contributed by atoms with Crippen LogP contribution in [0, 0.1) is 5.92 Å². The minimum absolute atomic E-state index is 0.773. The van der Waals surface area contributed by atoms with Crippen molar-refractivity contribution < 1.29 is 0 Å². The Morgan fingerprint density at radius 2 is 2.10 bits per heavy atom. The van der Waals surface area contributed by atoms with Crippen molar-refractivity contribution in [3.05, 3.63) is 33.8 Å². The Kier molecular flexibility index (Phi) is 3.61. The van der Waals surface area contributed by atoms with Crippen molar-refractivity contribution in [1.29, 1.82) is 0 Å². The normalized spacial score (nSPS) is 33.8. The fourth-order valence-electron chi connectivity index (χ4n) is 4.39. The monoisotopic (exact) mass is 334 g/mol. The van der Waals surface area contributed by atoms with Crippen molar-refractivity contribution in [1.82, 2.24) is 10.2 Å². The maximum atomic E-state index is 3.73. The van der Waals surface area contributed by atoms with Crippen LogP contribution in [0.15, 0.2) is 22.7 Å². The lowest BCUT2D eigenvalue weighted by Gasteiger charge is -2.32. The average Bonchev–Trinajstić information content (AvgIpc) is 2.90. The first-order valence-corrected chi connectivity index (χ1v) is 8.83. The highest BCUT2D eigenvalue weighted by Gasteiger charge is 2.37. The molecule has 0 saturated carbocycles. The third-order valence-electron chi connectivity index (χ3n) is 5.51. The zero-order valence-corrected chi connectivity index (χ0v) is 13.5. The first-order valence-electron chi connectivity index (χ1n) is 8.04. The highest BCUT2D eigenvalue weighted by atomic mass is 79.9. The van der Waals surface area contributed by atoms with Gasteiger partial charge in [-0.15, -0.1) is 0 Å². The van der Waals surface area contributed by atoms with Crippen molar-refractivity contribution >= 4 is 15.9 Å². The molecule has 1 N–H and O–H groups in total. The van der Waals surface area contributed by atoms with Gasteiger partial charge in [0.05, 0.1) is 0 Å². The largest absolute Gasteiger partial charge is 0.312 e. The smallest absolute Gasteiger partial charge is 0.0235 e. The minimum Gasteiger partial charge on any atom is -0.312 e. The molecule has 2 heterocycles. The number of halogens is 1. The Bertz CT molecular complexity index is 488. The summed E-state index contributed by atoms with van der Waals surface area (Å²) in [5.74, 6) is 0.912. The Hall–Kier alpha value is -0.380. The van der Waals surface area contributed by atoms with Crippen LogP contribution in [0.25, 0.3) is 0 Å². The molecule has 3 heteroatoms. The van der Waals surface area contributed by atoms with E-state index in [4.69, 9.17) is 0 Å². The van der Waals surface area contributed by atoms with Gasteiger partial charge in [0.2, 0.25) is 0 Å². The van der Waals surface area contributed by atoms with E-state index < -0.39 is 0 Å². The summed E-state index contributed by atoms with van der Waals surface area (Å²) in [6, 6.07) is 8.39. The third-order valence-corrected chi connectivity index (χ3v) is 6.01. The maximum Gasteiger partial charge on any atom is 0.0235 e. The highest BCUT2D eigenvalue weighted by Crippen LogP contribution is 2.32. The molecule has 1 aromatic rings. The molecule has 2 saturated heterocycles. The van der Waals surface area contributed by atoms with E-state index in [0.717, 1.165) is 18.0 Å². The van der Waals surface area contributed by atoms with Crippen molar-refractivity contribution in [2.75, 3.05) is 19.6 Å². The molecule has 3 aliphatic rings. The Morgan fingerprint density at radius 3 is 3.00 bits per heavy atom. The van der Waals surface area contributed by atoms with Crippen molar-refractivity contribution in [3.8, 4) is 0 Å². The summed E-state index contributed by atoms with van der Waals surface area (Å²) < 4.78 is 1.23. The molecule has 0 amide bonds. The first kappa shape index (κ1) is 13.3.